The standard InChI is InChI=1S/C20H12N4O2S3/c25-18(26)16-11-21-20(28-16)29-19-23-22-17(24(19)13-7-2-1-3-8-13)15-10-12-6-4-5-9-14(12)27-15/h1-11H,(H,25,26). The van der Waals surface area contributed by atoms with Gasteiger partial charge in [0.15, 0.2) is 10.2 Å². The van der Waals surface area contributed by atoms with Crippen molar-refractivity contribution in [2.45, 2.75) is 9.50 Å². The molecule has 0 unspecified atom stereocenters. The van der Waals surface area contributed by atoms with Crippen molar-refractivity contribution >= 4 is 50.5 Å². The molecule has 0 aliphatic heterocycles. The molecular weight excluding hydrogens is 424 g/mol. The lowest BCUT2D eigenvalue weighted by molar-refractivity contribution is 0.0702. The third kappa shape index (κ3) is 3.44. The Morgan fingerprint density at radius 2 is 1.79 bits per heavy atom. The van der Waals surface area contributed by atoms with E-state index in [9.17, 15) is 4.79 Å². The van der Waals surface area contributed by atoms with Crippen LogP contribution in [-0.4, -0.2) is 30.8 Å². The van der Waals surface area contributed by atoms with Gasteiger partial charge in [-0.3, -0.25) is 4.57 Å². The van der Waals surface area contributed by atoms with E-state index in [-0.39, 0.29) is 4.88 Å². The molecule has 1 N–H and O–H groups in total. The zero-order chi connectivity index (χ0) is 19.8. The number of aromatic carboxylic acids is 1. The van der Waals surface area contributed by atoms with E-state index >= 15 is 0 Å². The third-order valence-electron chi connectivity index (χ3n) is 4.17. The van der Waals surface area contributed by atoms with Gasteiger partial charge >= 0.3 is 5.97 Å². The zero-order valence-electron chi connectivity index (χ0n) is 14.7. The number of rotatable bonds is 5. The first-order valence-electron chi connectivity index (χ1n) is 8.56. The van der Waals surface area contributed by atoms with E-state index in [0.717, 1.165) is 33.1 Å². The van der Waals surface area contributed by atoms with Gasteiger partial charge in [0, 0.05) is 10.4 Å². The quantitative estimate of drug-likeness (QED) is 0.394. The SMILES string of the molecule is O=C(O)c1cnc(Sc2nnc(-c3cc4ccccc4s3)n2-c2ccccc2)s1. The first kappa shape index (κ1) is 18.0. The predicted octanol–water partition coefficient (Wildman–Crippen LogP) is 5.45. The van der Waals surface area contributed by atoms with Crippen LogP contribution in [0.2, 0.25) is 0 Å². The van der Waals surface area contributed by atoms with Crippen molar-refractivity contribution in [2.24, 2.45) is 0 Å². The van der Waals surface area contributed by atoms with Crippen LogP contribution in [0.15, 0.2) is 76.4 Å². The number of thiophene rings is 1. The molecule has 0 aliphatic rings. The number of fused-ring (bicyclic) bond motifs is 1. The van der Waals surface area contributed by atoms with Crippen LogP contribution in [0, 0.1) is 0 Å². The average molecular weight is 437 g/mol. The highest BCUT2D eigenvalue weighted by atomic mass is 32.2. The molecule has 0 atom stereocenters. The Morgan fingerprint density at radius 3 is 2.55 bits per heavy atom. The van der Waals surface area contributed by atoms with Crippen LogP contribution in [0.3, 0.4) is 0 Å². The van der Waals surface area contributed by atoms with Crippen molar-refractivity contribution in [3.8, 4) is 16.4 Å². The lowest BCUT2D eigenvalue weighted by Gasteiger charge is -2.08. The van der Waals surface area contributed by atoms with Crippen LogP contribution in [-0.2, 0) is 0 Å². The van der Waals surface area contributed by atoms with Crippen LogP contribution in [0.1, 0.15) is 9.67 Å². The van der Waals surface area contributed by atoms with E-state index in [1.165, 1.54) is 22.7 Å². The number of carboxylic acid groups (broad SMARTS) is 1. The fraction of sp³-hybridized carbons (Fsp3) is 0. The summed E-state index contributed by atoms with van der Waals surface area (Å²) in [4.78, 5) is 16.6. The number of nitrogens with zero attached hydrogens (tertiary/aromatic N) is 4. The predicted molar refractivity (Wildman–Crippen MR) is 115 cm³/mol. The zero-order valence-corrected chi connectivity index (χ0v) is 17.2. The van der Waals surface area contributed by atoms with Crippen molar-refractivity contribution in [2.75, 3.05) is 0 Å². The summed E-state index contributed by atoms with van der Waals surface area (Å²) in [6.07, 6.45) is 1.37. The maximum atomic E-state index is 11.2. The lowest BCUT2D eigenvalue weighted by Crippen LogP contribution is -1.98. The van der Waals surface area contributed by atoms with Crippen LogP contribution in [0.25, 0.3) is 26.5 Å². The lowest BCUT2D eigenvalue weighted by atomic mass is 10.2. The minimum Gasteiger partial charge on any atom is -0.477 e. The van der Waals surface area contributed by atoms with Gasteiger partial charge in [0.1, 0.15) is 4.88 Å². The normalized spacial score (nSPS) is 11.2. The Morgan fingerprint density at radius 1 is 1.00 bits per heavy atom. The Balaban J connectivity index is 1.62. The molecule has 0 saturated carbocycles. The second-order valence-electron chi connectivity index (χ2n) is 6.02. The molecule has 0 fully saturated rings. The minimum atomic E-state index is -0.982. The Hall–Kier alpha value is -3.01. The summed E-state index contributed by atoms with van der Waals surface area (Å²) in [6.45, 7) is 0. The van der Waals surface area contributed by atoms with Crippen LogP contribution in [0.4, 0.5) is 0 Å². The Kier molecular flexibility index (Phi) is 4.62. The number of para-hydroxylation sites is 1. The number of thiazole rings is 1. The summed E-state index contributed by atoms with van der Waals surface area (Å²) >= 11 is 4.09. The highest BCUT2D eigenvalue weighted by Gasteiger charge is 2.20. The number of hydrogen-bond donors (Lipinski definition) is 1. The van der Waals surface area contributed by atoms with Gasteiger partial charge < -0.3 is 5.11 Å². The van der Waals surface area contributed by atoms with Crippen molar-refractivity contribution in [1.82, 2.24) is 19.7 Å². The number of hydrogen-bond acceptors (Lipinski definition) is 7. The summed E-state index contributed by atoms with van der Waals surface area (Å²) in [5.74, 6) is -0.236. The maximum Gasteiger partial charge on any atom is 0.347 e. The highest BCUT2D eigenvalue weighted by Crippen LogP contribution is 2.37. The van der Waals surface area contributed by atoms with E-state index in [1.54, 1.807) is 11.3 Å². The van der Waals surface area contributed by atoms with Crippen LogP contribution < -0.4 is 0 Å². The van der Waals surface area contributed by atoms with E-state index < -0.39 is 5.97 Å². The molecule has 0 saturated heterocycles. The number of carboxylic acids is 1. The van der Waals surface area contributed by atoms with E-state index in [0.29, 0.717) is 9.50 Å². The fourth-order valence-corrected chi connectivity index (χ4v) is 5.69. The summed E-state index contributed by atoms with van der Waals surface area (Å²) in [6, 6.07) is 20.2. The Labute approximate surface area is 177 Å². The van der Waals surface area contributed by atoms with Gasteiger partial charge in [-0.25, -0.2) is 9.78 Å². The van der Waals surface area contributed by atoms with Crippen molar-refractivity contribution in [1.29, 1.82) is 0 Å². The van der Waals surface area contributed by atoms with Crippen molar-refractivity contribution < 1.29 is 9.90 Å². The molecule has 3 aromatic heterocycles. The van der Waals surface area contributed by atoms with Crippen molar-refractivity contribution in [3.05, 3.63) is 71.7 Å². The third-order valence-corrected chi connectivity index (χ3v) is 7.29. The van der Waals surface area contributed by atoms with E-state index in [2.05, 4.69) is 33.4 Å². The molecule has 9 heteroatoms. The second kappa shape index (κ2) is 7.43. The molecular formula is C20H12N4O2S3. The first-order chi connectivity index (χ1) is 14.2. The highest BCUT2D eigenvalue weighted by molar-refractivity contribution is 8.00. The monoisotopic (exact) mass is 436 g/mol. The second-order valence-corrected chi connectivity index (χ2v) is 9.35. The fourth-order valence-electron chi connectivity index (χ4n) is 2.88. The van der Waals surface area contributed by atoms with Gasteiger partial charge in [0.05, 0.1) is 11.1 Å². The maximum absolute atomic E-state index is 11.2. The number of benzene rings is 2. The molecule has 5 aromatic rings. The smallest absolute Gasteiger partial charge is 0.347 e. The molecule has 29 heavy (non-hydrogen) atoms. The molecule has 0 aliphatic carbocycles. The van der Waals surface area contributed by atoms with Gasteiger partial charge in [-0.15, -0.1) is 32.9 Å². The number of carbonyl (C=O) groups is 1. The topological polar surface area (TPSA) is 80.9 Å². The largest absolute Gasteiger partial charge is 0.477 e. The van der Waals surface area contributed by atoms with E-state index in [1.807, 2.05) is 47.0 Å². The molecule has 3 heterocycles. The molecule has 6 nitrogen and oxygen atoms in total. The summed E-state index contributed by atoms with van der Waals surface area (Å²) in [7, 11) is 0. The molecule has 0 amide bonds. The molecule has 2 aromatic carbocycles. The summed E-state index contributed by atoms with van der Waals surface area (Å²) < 4.78 is 3.78. The van der Waals surface area contributed by atoms with Gasteiger partial charge in [0.2, 0.25) is 5.16 Å². The van der Waals surface area contributed by atoms with Gasteiger partial charge in [-0.1, -0.05) is 36.4 Å². The van der Waals surface area contributed by atoms with Crippen LogP contribution >= 0.6 is 34.4 Å². The number of aromatic nitrogens is 4. The molecule has 0 spiro atoms. The van der Waals surface area contributed by atoms with Crippen LogP contribution in [0.5, 0.6) is 0 Å². The first-order valence-corrected chi connectivity index (χ1v) is 11.0. The molecule has 142 valence electrons. The summed E-state index contributed by atoms with van der Waals surface area (Å²) in [5, 5.41) is 19.8. The minimum absolute atomic E-state index is 0.197. The van der Waals surface area contributed by atoms with Gasteiger partial charge in [-0.05, 0) is 41.4 Å². The van der Waals surface area contributed by atoms with Gasteiger partial charge in [0.25, 0.3) is 0 Å². The molecule has 0 radical (unpaired) electrons. The average Bonchev–Trinajstić information content (AvgIpc) is 3.46. The molecule has 5 rings (SSSR count). The Bertz CT molecular complexity index is 1290. The van der Waals surface area contributed by atoms with Gasteiger partial charge in [-0.2, -0.15) is 0 Å². The summed E-state index contributed by atoms with van der Waals surface area (Å²) in [5.41, 5.74) is 0.933. The van der Waals surface area contributed by atoms with E-state index in [4.69, 9.17) is 5.11 Å². The van der Waals surface area contributed by atoms with Crippen molar-refractivity contribution in [3.63, 3.8) is 0 Å². The molecule has 0 bridgehead atoms.